The molecule has 0 amide bonds. The van der Waals surface area contributed by atoms with Crippen LogP contribution in [0.15, 0.2) is 35.5 Å². The van der Waals surface area contributed by atoms with Crippen molar-refractivity contribution in [3.8, 4) is 11.8 Å². The zero-order chi connectivity index (χ0) is 15.3. The Hall–Kier alpha value is -2.21. The summed E-state index contributed by atoms with van der Waals surface area (Å²) in [6.45, 7) is -0.229. The van der Waals surface area contributed by atoms with E-state index in [0.29, 0.717) is 11.4 Å². The molecule has 0 radical (unpaired) electrons. The molecule has 1 aromatic carbocycles. The molecule has 0 aliphatic heterocycles. The Bertz CT molecular complexity index is 787. The molecular formula is C13H14N4O3S. The number of aliphatic hydroxyl groups is 1. The number of benzene rings is 1. The monoisotopic (exact) mass is 306 g/mol. The maximum atomic E-state index is 12.2. The zero-order valence-corrected chi connectivity index (χ0v) is 12.1. The van der Waals surface area contributed by atoms with E-state index in [9.17, 15) is 8.42 Å². The van der Waals surface area contributed by atoms with E-state index in [-0.39, 0.29) is 18.0 Å². The number of hydrogen-bond acceptors (Lipinski definition) is 5. The summed E-state index contributed by atoms with van der Waals surface area (Å²) >= 11 is 0. The molecule has 0 spiro atoms. The van der Waals surface area contributed by atoms with Gasteiger partial charge in [0.25, 0.3) is 0 Å². The van der Waals surface area contributed by atoms with E-state index in [1.807, 2.05) is 0 Å². The summed E-state index contributed by atoms with van der Waals surface area (Å²) in [5, 5.41) is 16.1. The number of nitrogens with zero attached hydrogens (tertiary/aromatic N) is 3. The van der Waals surface area contributed by atoms with Crippen LogP contribution in [-0.2, 0) is 23.6 Å². The predicted molar refractivity (Wildman–Crippen MR) is 75.4 cm³/mol. The van der Waals surface area contributed by atoms with Crippen LogP contribution in [-0.4, -0.2) is 34.9 Å². The molecule has 110 valence electrons. The maximum absolute atomic E-state index is 12.2. The predicted octanol–water partition coefficient (Wildman–Crippen LogP) is -0.363. The van der Waals surface area contributed by atoms with E-state index < -0.39 is 10.0 Å². The third kappa shape index (κ3) is 3.88. The van der Waals surface area contributed by atoms with Gasteiger partial charge in [-0.3, -0.25) is 0 Å². The molecule has 0 aliphatic rings. The van der Waals surface area contributed by atoms with E-state index in [0.717, 1.165) is 0 Å². The minimum atomic E-state index is -3.66. The van der Waals surface area contributed by atoms with Crippen molar-refractivity contribution in [2.75, 3.05) is 6.61 Å². The van der Waals surface area contributed by atoms with Gasteiger partial charge in [-0.15, -0.1) is 10.2 Å². The van der Waals surface area contributed by atoms with Gasteiger partial charge in [0.05, 0.1) is 11.4 Å². The molecule has 0 fully saturated rings. The first kappa shape index (κ1) is 15.2. The molecule has 1 aromatic heterocycles. The van der Waals surface area contributed by atoms with Crippen molar-refractivity contribution in [3.63, 3.8) is 0 Å². The lowest BCUT2D eigenvalue weighted by Crippen LogP contribution is -2.24. The van der Waals surface area contributed by atoms with Crippen LogP contribution in [0.5, 0.6) is 0 Å². The Balaban J connectivity index is 2.17. The Morgan fingerprint density at radius 3 is 2.90 bits per heavy atom. The summed E-state index contributed by atoms with van der Waals surface area (Å²) in [5.74, 6) is 5.65. The number of nitrogens with one attached hydrogen (secondary N) is 1. The Morgan fingerprint density at radius 2 is 2.24 bits per heavy atom. The molecule has 0 bridgehead atoms. The molecule has 2 N–H and O–H groups in total. The maximum Gasteiger partial charge on any atom is 0.241 e. The molecule has 8 heteroatoms. The SMILES string of the molecule is Cn1cnnc1CNS(=O)(=O)c1cccc(C#CCO)c1. The first-order chi connectivity index (χ1) is 10.0. The quantitative estimate of drug-likeness (QED) is 0.752. The third-order valence-electron chi connectivity index (χ3n) is 2.68. The van der Waals surface area contributed by atoms with Crippen molar-refractivity contribution in [1.82, 2.24) is 19.5 Å². The highest BCUT2D eigenvalue weighted by molar-refractivity contribution is 7.89. The number of rotatable bonds is 4. The molecule has 1 heterocycles. The third-order valence-corrected chi connectivity index (χ3v) is 4.08. The van der Waals surface area contributed by atoms with Crippen molar-refractivity contribution in [1.29, 1.82) is 0 Å². The van der Waals surface area contributed by atoms with Crippen LogP contribution in [0, 0.1) is 11.8 Å². The highest BCUT2D eigenvalue weighted by Gasteiger charge is 2.15. The lowest BCUT2D eigenvalue weighted by Gasteiger charge is -2.06. The molecule has 21 heavy (non-hydrogen) atoms. The van der Waals surface area contributed by atoms with Gasteiger partial charge < -0.3 is 9.67 Å². The molecule has 0 atom stereocenters. The summed E-state index contributed by atoms with van der Waals surface area (Å²) in [5.41, 5.74) is 0.519. The smallest absolute Gasteiger partial charge is 0.241 e. The second-order valence-corrected chi connectivity index (χ2v) is 5.94. The van der Waals surface area contributed by atoms with Gasteiger partial charge >= 0.3 is 0 Å². The number of sulfonamides is 1. The number of aliphatic hydroxyl groups excluding tert-OH is 1. The summed E-state index contributed by atoms with van der Waals surface area (Å²) in [6, 6.07) is 6.19. The lowest BCUT2D eigenvalue weighted by molar-refractivity contribution is 0.350. The van der Waals surface area contributed by atoms with Crippen LogP contribution < -0.4 is 4.72 Å². The largest absolute Gasteiger partial charge is 0.384 e. The van der Waals surface area contributed by atoms with E-state index in [2.05, 4.69) is 26.8 Å². The lowest BCUT2D eigenvalue weighted by atomic mass is 10.2. The van der Waals surface area contributed by atoms with Gasteiger partial charge in [0, 0.05) is 12.6 Å². The molecule has 7 nitrogen and oxygen atoms in total. The average molecular weight is 306 g/mol. The average Bonchev–Trinajstić information content (AvgIpc) is 2.89. The van der Waals surface area contributed by atoms with Crippen molar-refractivity contribution in [3.05, 3.63) is 42.0 Å². The fraction of sp³-hybridized carbons (Fsp3) is 0.231. The van der Waals surface area contributed by atoms with E-state index in [1.165, 1.54) is 18.5 Å². The van der Waals surface area contributed by atoms with Crippen molar-refractivity contribution in [2.24, 2.45) is 7.05 Å². The number of aryl methyl sites for hydroxylation is 1. The zero-order valence-electron chi connectivity index (χ0n) is 11.3. The normalized spacial score (nSPS) is 11.0. The van der Waals surface area contributed by atoms with Gasteiger partial charge in [0.2, 0.25) is 10.0 Å². The van der Waals surface area contributed by atoms with Gasteiger partial charge in [-0.1, -0.05) is 17.9 Å². The topological polar surface area (TPSA) is 97.1 Å². The van der Waals surface area contributed by atoms with Crippen LogP contribution in [0.1, 0.15) is 11.4 Å². The standard InChI is InChI=1S/C13H14N4O3S/c1-17-10-14-16-13(17)9-15-21(19,20)12-6-2-4-11(8-12)5-3-7-18/h2,4,6,8,10,15,18H,7,9H2,1H3. The number of aromatic nitrogens is 3. The Labute approximate surface area is 122 Å². The van der Waals surface area contributed by atoms with Gasteiger partial charge in [-0.2, -0.15) is 0 Å². The first-order valence-corrected chi connectivity index (χ1v) is 7.53. The van der Waals surface area contributed by atoms with E-state index in [4.69, 9.17) is 5.11 Å². The van der Waals surface area contributed by atoms with Gasteiger partial charge in [0.1, 0.15) is 18.8 Å². The van der Waals surface area contributed by atoms with Crippen LogP contribution in [0.3, 0.4) is 0 Å². The molecule has 0 unspecified atom stereocenters. The molecule has 0 saturated carbocycles. The highest BCUT2D eigenvalue weighted by atomic mass is 32.2. The van der Waals surface area contributed by atoms with Crippen molar-refractivity contribution < 1.29 is 13.5 Å². The van der Waals surface area contributed by atoms with Crippen LogP contribution in [0.4, 0.5) is 0 Å². The van der Waals surface area contributed by atoms with Crippen molar-refractivity contribution >= 4 is 10.0 Å². The molecule has 0 aliphatic carbocycles. The highest BCUT2D eigenvalue weighted by Crippen LogP contribution is 2.11. The first-order valence-electron chi connectivity index (χ1n) is 6.05. The van der Waals surface area contributed by atoms with E-state index >= 15 is 0 Å². The minimum Gasteiger partial charge on any atom is -0.384 e. The molecular weight excluding hydrogens is 292 g/mol. The number of hydrogen-bond donors (Lipinski definition) is 2. The molecule has 2 rings (SSSR count). The molecule has 0 saturated heterocycles. The Kier molecular flexibility index (Phi) is 4.70. The Morgan fingerprint density at radius 1 is 1.43 bits per heavy atom. The second kappa shape index (κ2) is 6.49. The fourth-order valence-electron chi connectivity index (χ4n) is 1.59. The van der Waals surface area contributed by atoms with E-state index in [1.54, 1.807) is 23.7 Å². The van der Waals surface area contributed by atoms with Gasteiger partial charge in [0.15, 0.2) is 0 Å². The molecule has 2 aromatic rings. The summed E-state index contributed by atoms with van der Waals surface area (Å²) in [7, 11) is -1.93. The van der Waals surface area contributed by atoms with Crippen molar-refractivity contribution in [2.45, 2.75) is 11.4 Å². The van der Waals surface area contributed by atoms with Gasteiger partial charge in [-0.05, 0) is 18.2 Å². The minimum absolute atomic E-state index is 0.0470. The summed E-state index contributed by atoms with van der Waals surface area (Å²) < 4.78 is 28.5. The summed E-state index contributed by atoms with van der Waals surface area (Å²) in [6.07, 6.45) is 1.49. The van der Waals surface area contributed by atoms with Crippen LogP contribution in [0.25, 0.3) is 0 Å². The second-order valence-electron chi connectivity index (χ2n) is 4.17. The van der Waals surface area contributed by atoms with Gasteiger partial charge in [-0.25, -0.2) is 13.1 Å². The van der Waals surface area contributed by atoms with Crippen LogP contribution in [0.2, 0.25) is 0 Å². The summed E-state index contributed by atoms with van der Waals surface area (Å²) in [4.78, 5) is 0.106. The van der Waals surface area contributed by atoms with Crippen LogP contribution >= 0.6 is 0 Å². The fourth-order valence-corrected chi connectivity index (χ4v) is 2.62.